The van der Waals surface area contributed by atoms with E-state index in [0.29, 0.717) is 24.4 Å². The molecule has 5 heteroatoms. The third kappa shape index (κ3) is 3.79. The zero-order valence-electron chi connectivity index (χ0n) is 8.39. The molecule has 0 saturated carbocycles. The number of halogens is 1. The standard InChI is InChI=1S/C10H11FN4/c1-8-10(11)6-5-9(14-8)4-2-3-7-13-15-12/h2,4-6H,3,7H2,1H3. The molecule has 0 aromatic carbocycles. The number of pyridine rings is 1. The van der Waals surface area contributed by atoms with Crippen LogP contribution in [0.5, 0.6) is 0 Å². The van der Waals surface area contributed by atoms with Crippen LogP contribution in [0.2, 0.25) is 0 Å². The van der Waals surface area contributed by atoms with Crippen molar-refractivity contribution in [3.8, 4) is 0 Å². The second-order valence-corrected chi connectivity index (χ2v) is 2.95. The highest BCUT2D eigenvalue weighted by Gasteiger charge is 1.96. The molecule has 0 atom stereocenters. The number of nitrogens with zero attached hydrogens (tertiary/aromatic N) is 4. The van der Waals surface area contributed by atoms with Gasteiger partial charge in [0, 0.05) is 11.5 Å². The minimum atomic E-state index is -0.304. The fourth-order valence-corrected chi connectivity index (χ4v) is 1.04. The molecule has 1 aromatic rings. The fraction of sp³-hybridized carbons (Fsp3) is 0.300. The average Bonchev–Trinajstić information content (AvgIpc) is 2.23. The van der Waals surface area contributed by atoms with Gasteiger partial charge >= 0.3 is 0 Å². The van der Waals surface area contributed by atoms with Crippen LogP contribution in [0.4, 0.5) is 4.39 Å². The van der Waals surface area contributed by atoms with Crippen LogP contribution in [0.25, 0.3) is 16.5 Å². The predicted octanol–water partition coefficient (Wildman–Crippen LogP) is 3.24. The molecule has 0 fully saturated rings. The number of aryl methyl sites for hydroxylation is 1. The summed E-state index contributed by atoms with van der Waals surface area (Å²) in [7, 11) is 0. The van der Waals surface area contributed by atoms with Crippen molar-refractivity contribution in [1.29, 1.82) is 0 Å². The van der Waals surface area contributed by atoms with E-state index in [0.717, 1.165) is 0 Å². The normalized spacial score (nSPS) is 10.3. The Labute approximate surface area is 87.1 Å². The van der Waals surface area contributed by atoms with Gasteiger partial charge < -0.3 is 0 Å². The molecule has 0 aliphatic carbocycles. The maximum absolute atomic E-state index is 12.8. The summed E-state index contributed by atoms with van der Waals surface area (Å²) < 4.78 is 12.8. The Bertz CT molecular complexity index is 408. The van der Waals surface area contributed by atoms with Gasteiger partial charge in [0.2, 0.25) is 0 Å². The van der Waals surface area contributed by atoms with Crippen molar-refractivity contribution in [2.24, 2.45) is 5.11 Å². The van der Waals surface area contributed by atoms with Crippen molar-refractivity contribution < 1.29 is 4.39 Å². The summed E-state index contributed by atoms with van der Waals surface area (Å²) in [5, 5.41) is 3.38. The Morgan fingerprint density at radius 3 is 3.07 bits per heavy atom. The van der Waals surface area contributed by atoms with Crippen molar-refractivity contribution in [3.05, 3.63) is 45.9 Å². The molecule has 78 valence electrons. The molecule has 0 unspecified atom stereocenters. The fourth-order valence-electron chi connectivity index (χ4n) is 1.04. The van der Waals surface area contributed by atoms with Gasteiger partial charge in [-0.25, -0.2) is 4.39 Å². The first kappa shape index (κ1) is 11.2. The highest BCUT2D eigenvalue weighted by Crippen LogP contribution is 2.06. The van der Waals surface area contributed by atoms with Crippen molar-refractivity contribution in [1.82, 2.24) is 4.98 Å². The van der Waals surface area contributed by atoms with Crippen LogP contribution < -0.4 is 0 Å². The molecule has 0 radical (unpaired) electrons. The molecule has 4 nitrogen and oxygen atoms in total. The Kier molecular flexibility index (Phi) is 4.31. The lowest BCUT2D eigenvalue weighted by molar-refractivity contribution is 0.609. The lowest BCUT2D eigenvalue weighted by Crippen LogP contribution is -1.89. The number of aromatic nitrogens is 1. The summed E-state index contributed by atoms with van der Waals surface area (Å²) in [5.74, 6) is -0.304. The first-order valence-electron chi connectivity index (χ1n) is 4.54. The van der Waals surface area contributed by atoms with Gasteiger partial charge in [0.25, 0.3) is 0 Å². The van der Waals surface area contributed by atoms with Gasteiger partial charge in [0.05, 0.1) is 11.4 Å². The average molecular weight is 206 g/mol. The smallest absolute Gasteiger partial charge is 0.144 e. The Morgan fingerprint density at radius 1 is 1.60 bits per heavy atom. The van der Waals surface area contributed by atoms with Crippen LogP contribution in [-0.4, -0.2) is 11.5 Å². The minimum Gasteiger partial charge on any atom is -0.251 e. The molecule has 15 heavy (non-hydrogen) atoms. The van der Waals surface area contributed by atoms with Crippen LogP contribution in [0.3, 0.4) is 0 Å². The molecule has 0 N–H and O–H groups in total. The van der Waals surface area contributed by atoms with Gasteiger partial charge in [-0.1, -0.05) is 11.2 Å². The summed E-state index contributed by atoms with van der Waals surface area (Å²) in [6.45, 7) is 2.04. The summed E-state index contributed by atoms with van der Waals surface area (Å²) in [4.78, 5) is 6.66. The molecule has 1 rings (SSSR count). The number of rotatable bonds is 4. The molecule has 1 aromatic heterocycles. The highest BCUT2D eigenvalue weighted by atomic mass is 19.1. The summed E-state index contributed by atoms with van der Waals surface area (Å²) in [5.41, 5.74) is 9.11. The van der Waals surface area contributed by atoms with E-state index in [-0.39, 0.29) is 5.82 Å². The third-order valence-corrected chi connectivity index (χ3v) is 1.79. The Balaban J connectivity index is 2.56. The zero-order valence-corrected chi connectivity index (χ0v) is 8.39. The Hall–Kier alpha value is -1.87. The maximum Gasteiger partial charge on any atom is 0.144 e. The molecule has 0 bridgehead atoms. The topological polar surface area (TPSA) is 61.7 Å². The van der Waals surface area contributed by atoms with Crippen LogP contribution in [0.1, 0.15) is 17.8 Å². The van der Waals surface area contributed by atoms with E-state index in [1.807, 2.05) is 6.08 Å². The van der Waals surface area contributed by atoms with Crippen molar-refractivity contribution in [3.63, 3.8) is 0 Å². The molecule has 0 aliphatic rings. The molecular weight excluding hydrogens is 195 g/mol. The van der Waals surface area contributed by atoms with Crippen LogP contribution in [0, 0.1) is 12.7 Å². The summed E-state index contributed by atoms with van der Waals surface area (Å²) in [6, 6.07) is 2.99. The van der Waals surface area contributed by atoms with Crippen molar-refractivity contribution in [2.75, 3.05) is 6.54 Å². The van der Waals surface area contributed by atoms with Crippen molar-refractivity contribution >= 4 is 6.08 Å². The maximum atomic E-state index is 12.8. The van der Waals surface area contributed by atoms with E-state index in [1.165, 1.54) is 6.07 Å². The zero-order chi connectivity index (χ0) is 11.1. The second-order valence-electron chi connectivity index (χ2n) is 2.95. The highest BCUT2D eigenvalue weighted by molar-refractivity contribution is 5.44. The SMILES string of the molecule is Cc1nc(C=CCCN=[N+]=[N-])ccc1F. The largest absolute Gasteiger partial charge is 0.251 e. The van der Waals surface area contributed by atoms with Crippen molar-refractivity contribution in [2.45, 2.75) is 13.3 Å². The van der Waals surface area contributed by atoms with Gasteiger partial charge in [0.15, 0.2) is 0 Å². The monoisotopic (exact) mass is 206 g/mol. The van der Waals surface area contributed by atoms with E-state index in [9.17, 15) is 4.39 Å². The van der Waals surface area contributed by atoms with E-state index in [4.69, 9.17) is 5.53 Å². The van der Waals surface area contributed by atoms with E-state index >= 15 is 0 Å². The predicted molar refractivity (Wildman–Crippen MR) is 56.6 cm³/mol. The first-order valence-corrected chi connectivity index (χ1v) is 4.54. The minimum absolute atomic E-state index is 0.304. The molecule has 0 saturated heterocycles. The van der Waals surface area contributed by atoms with Crippen LogP contribution >= 0.6 is 0 Å². The van der Waals surface area contributed by atoms with Gasteiger partial charge in [-0.2, -0.15) is 0 Å². The van der Waals surface area contributed by atoms with Gasteiger partial charge in [-0.05, 0) is 37.1 Å². The number of hydrogen-bond donors (Lipinski definition) is 0. The number of hydrogen-bond acceptors (Lipinski definition) is 2. The lowest BCUT2D eigenvalue weighted by Gasteiger charge is -1.96. The molecule has 0 amide bonds. The van der Waals surface area contributed by atoms with Gasteiger partial charge in [-0.3, -0.25) is 4.98 Å². The quantitative estimate of drug-likeness (QED) is 0.323. The lowest BCUT2D eigenvalue weighted by atomic mass is 10.2. The van der Waals surface area contributed by atoms with E-state index < -0.39 is 0 Å². The molecule has 0 aliphatic heterocycles. The Morgan fingerprint density at radius 2 is 2.40 bits per heavy atom. The van der Waals surface area contributed by atoms with Crippen LogP contribution in [-0.2, 0) is 0 Å². The van der Waals surface area contributed by atoms with Crippen LogP contribution in [0.15, 0.2) is 23.3 Å². The molecule has 1 heterocycles. The van der Waals surface area contributed by atoms with Gasteiger partial charge in [0.1, 0.15) is 5.82 Å². The van der Waals surface area contributed by atoms with E-state index in [2.05, 4.69) is 15.0 Å². The van der Waals surface area contributed by atoms with E-state index in [1.54, 1.807) is 19.1 Å². The first-order chi connectivity index (χ1) is 7.24. The second kappa shape index (κ2) is 5.78. The third-order valence-electron chi connectivity index (χ3n) is 1.79. The summed E-state index contributed by atoms with van der Waals surface area (Å²) in [6.07, 6.45) is 4.27. The summed E-state index contributed by atoms with van der Waals surface area (Å²) >= 11 is 0. The molecule has 0 spiro atoms. The molecular formula is C10H11FN4. The van der Waals surface area contributed by atoms with Gasteiger partial charge in [-0.15, -0.1) is 0 Å². The number of azide groups is 1.